The fourth-order valence-corrected chi connectivity index (χ4v) is 0.696. The van der Waals surface area contributed by atoms with Crippen LogP contribution in [0.3, 0.4) is 0 Å². The lowest BCUT2D eigenvalue weighted by Gasteiger charge is -2.14. The summed E-state index contributed by atoms with van der Waals surface area (Å²) < 4.78 is 0. The largest absolute Gasteiger partial charge is 0.343 e. The van der Waals surface area contributed by atoms with Gasteiger partial charge in [-0.2, -0.15) is 0 Å². The topological polar surface area (TPSA) is 79.2 Å². The van der Waals surface area contributed by atoms with Gasteiger partial charge in [0.1, 0.15) is 0 Å². The Balaban J connectivity index is 3.42. The highest BCUT2D eigenvalue weighted by Crippen LogP contribution is 1.92. The molecule has 5 N–H and O–H groups in total. The third kappa shape index (κ3) is 4.58. The molecule has 0 saturated carbocycles. The van der Waals surface area contributed by atoms with Crippen LogP contribution in [-0.4, -0.2) is 12.1 Å². The Bertz CT molecular complexity index is 113. The summed E-state index contributed by atoms with van der Waals surface area (Å²) in [5.41, 5.74) is 7.19. The predicted octanol–water partition coefficient (Wildman–Crippen LogP) is -0.147. The summed E-state index contributed by atoms with van der Waals surface area (Å²) in [4.78, 5) is 10.5. The predicted molar refractivity (Wildman–Crippen MR) is 43.4 cm³/mol. The van der Waals surface area contributed by atoms with Crippen LogP contribution >= 0.6 is 0 Å². The van der Waals surface area contributed by atoms with Crippen molar-refractivity contribution < 1.29 is 4.79 Å². The first-order valence-electron chi connectivity index (χ1n) is 3.76. The third-order valence-corrected chi connectivity index (χ3v) is 1.51. The SMILES string of the molecule is CCC(CC)NNC(=O)NN. The van der Waals surface area contributed by atoms with Gasteiger partial charge in [-0.05, 0) is 12.8 Å². The van der Waals surface area contributed by atoms with Gasteiger partial charge in [0.15, 0.2) is 0 Å². The molecule has 0 fully saturated rings. The quantitative estimate of drug-likeness (QED) is 0.262. The Morgan fingerprint density at radius 3 is 2.36 bits per heavy atom. The lowest BCUT2D eigenvalue weighted by atomic mass is 10.2. The average molecular weight is 160 g/mol. The summed E-state index contributed by atoms with van der Waals surface area (Å²) in [5.74, 6) is 4.84. The van der Waals surface area contributed by atoms with Crippen LogP contribution in [0.4, 0.5) is 4.79 Å². The fourth-order valence-electron chi connectivity index (χ4n) is 0.696. The molecule has 5 heteroatoms. The number of amides is 2. The normalized spacial score (nSPS) is 9.82. The molecule has 0 aromatic carbocycles. The number of hydrogen-bond acceptors (Lipinski definition) is 3. The van der Waals surface area contributed by atoms with Crippen LogP contribution in [0.5, 0.6) is 0 Å². The molecule has 0 aliphatic heterocycles. The number of nitrogens with one attached hydrogen (secondary N) is 3. The van der Waals surface area contributed by atoms with Gasteiger partial charge < -0.3 is 0 Å². The van der Waals surface area contributed by atoms with Crippen LogP contribution < -0.4 is 22.1 Å². The molecule has 5 nitrogen and oxygen atoms in total. The van der Waals surface area contributed by atoms with Gasteiger partial charge in [-0.1, -0.05) is 13.8 Å². The first-order valence-corrected chi connectivity index (χ1v) is 3.76. The number of rotatable bonds is 4. The van der Waals surface area contributed by atoms with Crippen LogP contribution in [0.25, 0.3) is 0 Å². The lowest BCUT2D eigenvalue weighted by Crippen LogP contribution is -2.50. The minimum atomic E-state index is -0.420. The van der Waals surface area contributed by atoms with Crippen LogP contribution in [0.1, 0.15) is 26.7 Å². The van der Waals surface area contributed by atoms with Gasteiger partial charge in [0.25, 0.3) is 0 Å². The Morgan fingerprint density at radius 2 is 2.00 bits per heavy atom. The smallest absolute Gasteiger partial charge is 0.275 e. The zero-order valence-electron chi connectivity index (χ0n) is 6.98. The van der Waals surface area contributed by atoms with Crippen molar-refractivity contribution in [1.29, 1.82) is 0 Å². The first-order chi connectivity index (χ1) is 5.24. The fraction of sp³-hybridized carbons (Fsp3) is 0.833. The molecule has 0 unspecified atom stereocenters. The van der Waals surface area contributed by atoms with Gasteiger partial charge in [0.05, 0.1) is 0 Å². The van der Waals surface area contributed by atoms with Crippen molar-refractivity contribution in [3.8, 4) is 0 Å². The summed E-state index contributed by atoms with van der Waals surface area (Å²) in [5, 5.41) is 0. The number of carbonyl (C=O) groups excluding carboxylic acids is 1. The first kappa shape index (κ1) is 10.2. The molecule has 66 valence electrons. The Kier molecular flexibility index (Phi) is 5.50. The van der Waals surface area contributed by atoms with E-state index in [0.29, 0.717) is 6.04 Å². The molecule has 0 aromatic heterocycles. The van der Waals surface area contributed by atoms with E-state index in [1.165, 1.54) is 0 Å². The minimum absolute atomic E-state index is 0.312. The van der Waals surface area contributed by atoms with Gasteiger partial charge in [-0.15, -0.1) is 0 Å². The Labute approximate surface area is 66.7 Å². The molecule has 0 radical (unpaired) electrons. The molecule has 0 heterocycles. The minimum Gasteiger partial charge on any atom is -0.275 e. The van der Waals surface area contributed by atoms with Crippen molar-refractivity contribution in [2.45, 2.75) is 32.7 Å². The summed E-state index contributed by atoms with van der Waals surface area (Å²) in [7, 11) is 0. The van der Waals surface area contributed by atoms with E-state index < -0.39 is 6.03 Å². The second kappa shape index (κ2) is 5.94. The van der Waals surface area contributed by atoms with E-state index in [1.54, 1.807) is 0 Å². The molecule has 11 heavy (non-hydrogen) atoms. The van der Waals surface area contributed by atoms with Crippen LogP contribution in [0.2, 0.25) is 0 Å². The lowest BCUT2D eigenvalue weighted by molar-refractivity contribution is 0.233. The second-order valence-electron chi connectivity index (χ2n) is 2.26. The molecule has 0 aromatic rings. The molecule has 0 rings (SSSR count). The van der Waals surface area contributed by atoms with Gasteiger partial charge in [-0.25, -0.2) is 16.1 Å². The maximum atomic E-state index is 10.5. The summed E-state index contributed by atoms with van der Waals surface area (Å²) in [6.07, 6.45) is 1.95. The maximum Gasteiger partial charge on any atom is 0.343 e. The van der Waals surface area contributed by atoms with Crippen molar-refractivity contribution >= 4 is 6.03 Å². The van der Waals surface area contributed by atoms with E-state index in [4.69, 9.17) is 5.84 Å². The van der Waals surface area contributed by atoms with E-state index in [1.807, 2.05) is 19.3 Å². The molecule has 0 spiro atoms. The monoisotopic (exact) mass is 160 g/mol. The standard InChI is InChI=1S/C6H16N4O/c1-3-5(4-2)9-10-6(11)8-7/h5,9H,3-4,7H2,1-2H3,(H2,8,10,11). The van der Waals surface area contributed by atoms with Gasteiger partial charge in [-0.3, -0.25) is 10.9 Å². The summed E-state index contributed by atoms with van der Waals surface area (Å²) in [6.45, 7) is 4.09. The van der Waals surface area contributed by atoms with Gasteiger partial charge >= 0.3 is 6.03 Å². The number of hydrazine groups is 2. The zero-order valence-corrected chi connectivity index (χ0v) is 6.98. The van der Waals surface area contributed by atoms with Crippen LogP contribution in [-0.2, 0) is 0 Å². The number of nitrogens with two attached hydrogens (primary N) is 1. The van der Waals surface area contributed by atoms with E-state index >= 15 is 0 Å². The van der Waals surface area contributed by atoms with E-state index in [-0.39, 0.29) is 0 Å². The van der Waals surface area contributed by atoms with E-state index in [2.05, 4.69) is 10.9 Å². The van der Waals surface area contributed by atoms with Crippen molar-refractivity contribution in [3.63, 3.8) is 0 Å². The van der Waals surface area contributed by atoms with E-state index in [0.717, 1.165) is 12.8 Å². The summed E-state index contributed by atoms with van der Waals surface area (Å²) in [6, 6.07) is -0.107. The summed E-state index contributed by atoms with van der Waals surface area (Å²) >= 11 is 0. The van der Waals surface area contributed by atoms with Gasteiger partial charge in [0.2, 0.25) is 0 Å². The van der Waals surface area contributed by atoms with Gasteiger partial charge in [0, 0.05) is 6.04 Å². The number of carbonyl (C=O) groups is 1. The van der Waals surface area contributed by atoms with Crippen molar-refractivity contribution in [3.05, 3.63) is 0 Å². The van der Waals surface area contributed by atoms with Crippen molar-refractivity contribution in [1.82, 2.24) is 16.3 Å². The number of urea groups is 1. The van der Waals surface area contributed by atoms with Crippen LogP contribution in [0, 0.1) is 0 Å². The molecule has 2 amide bonds. The third-order valence-electron chi connectivity index (χ3n) is 1.51. The molecular weight excluding hydrogens is 144 g/mol. The number of hydrogen-bond donors (Lipinski definition) is 4. The molecule has 0 aliphatic rings. The molecule has 0 atom stereocenters. The van der Waals surface area contributed by atoms with Crippen molar-refractivity contribution in [2.75, 3.05) is 0 Å². The zero-order chi connectivity index (χ0) is 8.69. The van der Waals surface area contributed by atoms with Crippen molar-refractivity contribution in [2.24, 2.45) is 5.84 Å². The molecule has 0 bridgehead atoms. The molecular formula is C6H16N4O. The van der Waals surface area contributed by atoms with E-state index in [9.17, 15) is 4.79 Å². The highest BCUT2D eigenvalue weighted by Gasteiger charge is 2.02. The second-order valence-corrected chi connectivity index (χ2v) is 2.26. The highest BCUT2D eigenvalue weighted by atomic mass is 16.2. The average Bonchev–Trinajstić information content (AvgIpc) is 2.06. The maximum absolute atomic E-state index is 10.5. The van der Waals surface area contributed by atoms with Crippen LogP contribution in [0.15, 0.2) is 0 Å². The highest BCUT2D eigenvalue weighted by molar-refractivity contribution is 5.72. The Hall–Kier alpha value is -0.810. The molecule has 0 aliphatic carbocycles. The molecule has 0 saturated heterocycles. The Morgan fingerprint density at radius 1 is 1.45 bits per heavy atom.